The third-order valence-electron chi connectivity index (χ3n) is 3.09. The molecule has 0 aliphatic heterocycles. The van der Waals surface area contributed by atoms with Crippen molar-refractivity contribution >= 4 is 16.9 Å². The first kappa shape index (κ1) is 13.5. The van der Waals surface area contributed by atoms with Crippen LogP contribution in [0.4, 0.5) is 0 Å². The molecule has 5 heteroatoms. The van der Waals surface area contributed by atoms with Gasteiger partial charge in [0.2, 0.25) is 5.62 Å². The molecule has 0 saturated carbocycles. The zero-order valence-electron chi connectivity index (χ0n) is 11.8. The van der Waals surface area contributed by atoms with Crippen LogP contribution in [0, 0.1) is 0 Å². The molecule has 0 spiro atoms. The lowest BCUT2D eigenvalue weighted by Crippen LogP contribution is -2.31. The van der Waals surface area contributed by atoms with Crippen LogP contribution >= 0.6 is 0 Å². The largest absolute Gasteiger partial charge is 0.313 e. The van der Waals surface area contributed by atoms with E-state index in [2.05, 4.69) is 10.3 Å². The summed E-state index contributed by atoms with van der Waals surface area (Å²) in [5.41, 5.74) is 2.79. The Bertz CT molecular complexity index is 622. The van der Waals surface area contributed by atoms with Gasteiger partial charge in [0.25, 0.3) is 5.91 Å². The summed E-state index contributed by atoms with van der Waals surface area (Å²) >= 11 is 0. The van der Waals surface area contributed by atoms with Gasteiger partial charge in [-0.25, -0.2) is 0 Å². The Balaban J connectivity index is 2.42. The zero-order valence-corrected chi connectivity index (χ0v) is 11.8. The Hall–Kier alpha value is -1.88. The summed E-state index contributed by atoms with van der Waals surface area (Å²) in [5.74, 6) is -0.157. The van der Waals surface area contributed by atoms with Gasteiger partial charge in [-0.15, -0.1) is 0 Å². The number of rotatable bonds is 3. The monoisotopic (exact) mass is 260 g/mol. The lowest BCUT2D eigenvalue weighted by Gasteiger charge is -2.04. The molecule has 1 N–H and O–H groups in total. The van der Waals surface area contributed by atoms with Crippen molar-refractivity contribution in [1.29, 1.82) is 0 Å². The second-order valence-electron chi connectivity index (χ2n) is 4.95. The molecule has 0 radical (unpaired) electrons. The minimum Gasteiger partial charge on any atom is -0.313 e. The van der Waals surface area contributed by atoms with Gasteiger partial charge in [0, 0.05) is 20.1 Å². The number of carbonyl (C=O) groups is 1. The number of aromatic nitrogens is 2. The van der Waals surface area contributed by atoms with E-state index in [1.165, 1.54) is 0 Å². The summed E-state index contributed by atoms with van der Waals surface area (Å²) in [7, 11) is 3.84. The Labute approximate surface area is 112 Å². The van der Waals surface area contributed by atoms with Crippen LogP contribution in [-0.4, -0.2) is 27.6 Å². The minimum atomic E-state index is -0.157. The van der Waals surface area contributed by atoms with E-state index in [9.17, 15) is 4.79 Å². The molecule has 1 aromatic heterocycles. The molecule has 0 unspecified atom stereocenters. The van der Waals surface area contributed by atoms with Crippen molar-refractivity contribution in [2.24, 2.45) is 19.1 Å². The summed E-state index contributed by atoms with van der Waals surface area (Å²) < 4.78 is 3.87. The van der Waals surface area contributed by atoms with Gasteiger partial charge < -0.3 is 14.5 Å². The Morgan fingerprint density at radius 2 is 1.74 bits per heavy atom. The number of fused-ring (bicyclic) bond motifs is 1. The van der Waals surface area contributed by atoms with Crippen LogP contribution in [0.5, 0.6) is 0 Å². The Morgan fingerprint density at radius 1 is 1.21 bits per heavy atom. The number of hydrogen-bond donors (Lipinski definition) is 1. The average molecular weight is 260 g/mol. The normalized spacial score (nSPS) is 11.2. The van der Waals surface area contributed by atoms with Crippen molar-refractivity contribution in [3.05, 3.63) is 29.9 Å². The fourth-order valence-electron chi connectivity index (χ4n) is 2.06. The molecule has 5 nitrogen and oxygen atoms in total. The number of amides is 1. The Morgan fingerprint density at radius 3 is 2.21 bits per heavy atom. The number of nitrogens with zero attached hydrogens (tertiary/aromatic N) is 3. The Kier molecular flexibility index (Phi) is 3.85. The number of carbonyl (C=O) groups excluding carboxylic acids is 1. The number of para-hydroxylation sites is 2. The maximum atomic E-state index is 11.8. The lowest BCUT2D eigenvalue weighted by atomic mass is 10.3. The highest BCUT2D eigenvalue weighted by Crippen LogP contribution is 2.09. The van der Waals surface area contributed by atoms with E-state index in [1.807, 2.05) is 61.3 Å². The van der Waals surface area contributed by atoms with Crippen molar-refractivity contribution in [1.82, 2.24) is 14.5 Å². The highest BCUT2D eigenvalue weighted by molar-refractivity contribution is 5.80. The quantitative estimate of drug-likeness (QED) is 0.893. The maximum Gasteiger partial charge on any atom is 0.262 e. The van der Waals surface area contributed by atoms with Gasteiger partial charge in [0.05, 0.1) is 17.6 Å². The smallest absolute Gasteiger partial charge is 0.262 e. The summed E-state index contributed by atoms with van der Waals surface area (Å²) in [6.07, 6.45) is 0. The van der Waals surface area contributed by atoms with Crippen LogP contribution in [0.25, 0.3) is 11.0 Å². The number of nitrogens with one attached hydrogen (secondary N) is 1. The predicted octanol–water partition coefficient (Wildman–Crippen LogP) is 0.942. The number of aryl methyl sites for hydroxylation is 2. The van der Waals surface area contributed by atoms with Crippen LogP contribution in [0.2, 0.25) is 0 Å². The van der Waals surface area contributed by atoms with Crippen LogP contribution in [0.1, 0.15) is 13.8 Å². The van der Waals surface area contributed by atoms with Crippen molar-refractivity contribution < 1.29 is 4.79 Å². The van der Waals surface area contributed by atoms with E-state index in [0.29, 0.717) is 5.62 Å². The van der Waals surface area contributed by atoms with Gasteiger partial charge in [-0.1, -0.05) is 26.0 Å². The van der Waals surface area contributed by atoms with Crippen LogP contribution in [-0.2, 0) is 18.9 Å². The highest BCUT2D eigenvalue weighted by Gasteiger charge is 2.07. The first-order valence-corrected chi connectivity index (χ1v) is 6.42. The van der Waals surface area contributed by atoms with Crippen molar-refractivity contribution in [3.63, 3.8) is 0 Å². The van der Waals surface area contributed by atoms with Crippen molar-refractivity contribution in [2.45, 2.75) is 19.9 Å². The molecule has 0 atom stereocenters. The van der Waals surface area contributed by atoms with Gasteiger partial charge in [-0.3, -0.25) is 4.79 Å². The van der Waals surface area contributed by atoms with Crippen LogP contribution in [0.15, 0.2) is 29.3 Å². The van der Waals surface area contributed by atoms with Crippen LogP contribution < -0.4 is 10.9 Å². The third kappa shape index (κ3) is 2.76. The van der Waals surface area contributed by atoms with Gasteiger partial charge in [0.1, 0.15) is 0 Å². The predicted molar refractivity (Wildman–Crippen MR) is 75.6 cm³/mol. The topological polar surface area (TPSA) is 51.3 Å². The molecule has 0 aliphatic carbocycles. The average Bonchev–Trinajstić information content (AvgIpc) is 2.62. The van der Waals surface area contributed by atoms with E-state index >= 15 is 0 Å². The van der Waals surface area contributed by atoms with Gasteiger partial charge in [0.15, 0.2) is 0 Å². The van der Waals surface area contributed by atoms with E-state index < -0.39 is 0 Å². The fourth-order valence-corrected chi connectivity index (χ4v) is 2.06. The molecule has 1 aromatic carbocycles. The van der Waals surface area contributed by atoms with Gasteiger partial charge >= 0.3 is 0 Å². The highest BCUT2D eigenvalue weighted by atomic mass is 16.1. The molecule has 1 amide bonds. The van der Waals surface area contributed by atoms with E-state index in [-0.39, 0.29) is 18.5 Å². The standard InChI is InChI=1S/C14H20N4O/c1-10(2)15-9-13(19)16-14-17(3)11-7-5-6-8-12(11)18(14)4/h5-8,10,15H,9H2,1-4H3. The van der Waals surface area contributed by atoms with Gasteiger partial charge in [-0.2, -0.15) is 4.99 Å². The van der Waals surface area contributed by atoms with Crippen molar-refractivity contribution in [3.8, 4) is 0 Å². The molecule has 0 aliphatic rings. The summed E-state index contributed by atoms with van der Waals surface area (Å²) in [6.45, 7) is 4.27. The zero-order chi connectivity index (χ0) is 14.0. The van der Waals surface area contributed by atoms with Gasteiger partial charge in [-0.05, 0) is 12.1 Å². The summed E-state index contributed by atoms with van der Waals surface area (Å²) in [6, 6.07) is 8.28. The fraction of sp³-hybridized carbons (Fsp3) is 0.429. The van der Waals surface area contributed by atoms with Crippen LogP contribution in [0.3, 0.4) is 0 Å². The second-order valence-corrected chi connectivity index (χ2v) is 4.95. The van der Waals surface area contributed by atoms with E-state index in [0.717, 1.165) is 11.0 Å². The molecule has 1 heterocycles. The molecule has 0 bridgehead atoms. The first-order valence-electron chi connectivity index (χ1n) is 6.42. The number of benzene rings is 1. The minimum absolute atomic E-state index is 0.157. The molecule has 2 aromatic rings. The SMILES string of the molecule is CC(C)NCC(=O)N=c1n(C)c2ccccc2n1C. The van der Waals surface area contributed by atoms with E-state index in [4.69, 9.17) is 0 Å². The molecule has 19 heavy (non-hydrogen) atoms. The number of imidazole rings is 1. The summed E-state index contributed by atoms with van der Waals surface area (Å²) in [5, 5.41) is 3.08. The molecule has 2 rings (SSSR count). The third-order valence-corrected chi connectivity index (χ3v) is 3.09. The molecule has 102 valence electrons. The molecular formula is C14H20N4O. The molecular weight excluding hydrogens is 240 g/mol. The van der Waals surface area contributed by atoms with Crippen molar-refractivity contribution in [2.75, 3.05) is 6.54 Å². The molecule has 0 fully saturated rings. The second kappa shape index (κ2) is 5.40. The summed E-state index contributed by atoms with van der Waals surface area (Å²) in [4.78, 5) is 16.0. The molecule has 0 saturated heterocycles. The maximum absolute atomic E-state index is 11.8. The number of hydrogen-bond acceptors (Lipinski definition) is 2. The first-order chi connectivity index (χ1) is 9.00. The van der Waals surface area contributed by atoms with E-state index in [1.54, 1.807) is 0 Å². The lowest BCUT2D eigenvalue weighted by molar-refractivity contribution is -0.117.